The fourth-order valence-corrected chi connectivity index (χ4v) is 5.98. The SMILES string of the molecule is Cc1ccc2c(c1)c1cc(C)ccc1c1nc(-c3ccccc3-c3cccc4c3oc3ccccc34)cnc21. The predicted molar refractivity (Wildman–Crippen MR) is 162 cm³/mol. The zero-order chi connectivity index (χ0) is 26.1. The van der Waals surface area contributed by atoms with Gasteiger partial charge in [0.25, 0.3) is 0 Å². The molecule has 0 aliphatic rings. The van der Waals surface area contributed by atoms with E-state index in [1.165, 1.54) is 21.9 Å². The van der Waals surface area contributed by atoms with E-state index in [1.54, 1.807) is 0 Å². The van der Waals surface area contributed by atoms with Crippen molar-refractivity contribution in [3.05, 3.63) is 120 Å². The lowest BCUT2D eigenvalue weighted by atomic mass is 9.95. The summed E-state index contributed by atoms with van der Waals surface area (Å²) in [4.78, 5) is 10.3. The highest BCUT2D eigenvalue weighted by molar-refractivity contribution is 6.23. The summed E-state index contributed by atoms with van der Waals surface area (Å²) in [6.45, 7) is 4.28. The van der Waals surface area contributed by atoms with Crippen LogP contribution in [0.25, 0.3) is 76.9 Å². The number of hydrogen-bond donors (Lipinski definition) is 0. The molecule has 0 bridgehead atoms. The van der Waals surface area contributed by atoms with E-state index in [4.69, 9.17) is 14.4 Å². The van der Waals surface area contributed by atoms with E-state index in [-0.39, 0.29) is 0 Å². The van der Waals surface area contributed by atoms with Crippen LogP contribution < -0.4 is 0 Å². The lowest BCUT2D eigenvalue weighted by molar-refractivity contribution is 0.670. The first-order valence-corrected chi connectivity index (χ1v) is 13.3. The van der Waals surface area contributed by atoms with Gasteiger partial charge in [0, 0.05) is 32.7 Å². The lowest BCUT2D eigenvalue weighted by Crippen LogP contribution is -1.94. The Morgan fingerprint density at radius 3 is 1.95 bits per heavy atom. The first kappa shape index (κ1) is 22.0. The summed E-state index contributed by atoms with van der Waals surface area (Å²) >= 11 is 0. The maximum Gasteiger partial charge on any atom is 0.143 e. The van der Waals surface area contributed by atoms with Gasteiger partial charge in [0.2, 0.25) is 0 Å². The van der Waals surface area contributed by atoms with Gasteiger partial charge in [-0.15, -0.1) is 0 Å². The summed E-state index contributed by atoms with van der Waals surface area (Å²) in [6.07, 6.45) is 1.92. The number of benzene rings is 6. The molecule has 0 N–H and O–H groups in total. The minimum absolute atomic E-state index is 0.847. The van der Waals surface area contributed by atoms with Gasteiger partial charge < -0.3 is 4.42 Å². The number of aryl methyl sites for hydroxylation is 2. The van der Waals surface area contributed by atoms with Gasteiger partial charge in [0.05, 0.1) is 22.9 Å². The van der Waals surface area contributed by atoms with Crippen LogP contribution in [0.3, 0.4) is 0 Å². The van der Waals surface area contributed by atoms with Crippen LogP contribution in [0, 0.1) is 13.8 Å². The number of hydrogen-bond acceptors (Lipinski definition) is 3. The normalized spacial score (nSPS) is 11.8. The molecule has 0 aliphatic heterocycles. The predicted octanol–water partition coefficient (Wildman–Crippen LogP) is 9.79. The van der Waals surface area contributed by atoms with Crippen molar-refractivity contribution in [2.45, 2.75) is 13.8 Å². The van der Waals surface area contributed by atoms with E-state index in [0.717, 1.165) is 66.1 Å². The van der Waals surface area contributed by atoms with E-state index in [1.807, 2.05) is 18.3 Å². The van der Waals surface area contributed by atoms with Crippen LogP contribution in [-0.4, -0.2) is 9.97 Å². The largest absolute Gasteiger partial charge is 0.455 e. The minimum atomic E-state index is 0.847. The van der Waals surface area contributed by atoms with Crippen molar-refractivity contribution < 1.29 is 4.42 Å². The summed E-state index contributed by atoms with van der Waals surface area (Å²) in [6, 6.07) is 36.2. The Labute approximate surface area is 225 Å². The maximum absolute atomic E-state index is 6.39. The smallest absolute Gasteiger partial charge is 0.143 e. The molecule has 2 aromatic heterocycles. The van der Waals surface area contributed by atoms with Crippen molar-refractivity contribution in [3.8, 4) is 22.4 Å². The van der Waals surface area contributed by atoms with Gasteiger partial charge in [-0.25, -0.2) is 4.98 Å². The molecule has 0 spiro atoms. The molecule has 0 amide bonds. The van der Waals surface area contributed by atoms with Crippen molar-refractivity contribution in [2.75, 3.05) is 0 Å². The number of furan rings is 1. The lowest BCUT2D eigenvalue weighted by Gasteiger charge is -2.13. The van der Waals surface area contributed by atoms with Gasteiger partial charge >= 0.3 is 0 Å². The average Bonchev–Trinajstić information content (AvgIpc) is 3.36. The summed E-state index contributed by atoms with van der Waals surface area (Å²) in [5.41, 5.74) is 10.1. The fourth-order valence-electron chi connectivity index (χ4n) is 5.98. The first-order valence-electron chi connectivity index (χ1n) is 13.3. The van der Waals surface area contributed by atoms with Crippen molar-refractivity contribution in [2.24, 2.45) is 0 Å². The summed E-state index contributed by atoms with van der Waals surface area (Å²) < 4.78 is 6.39. The topological polar surface area (TPSA) is 38.9 Å². The van der Waals surface area contributed by atoms with Gasteiger partial charge in [-0.1, -0.05) is 108 Å². The number of para-hydroxylation sites is 2. The Hall–Kier alpha value is -5.02. The molecule has 0 aliphatic carbocycles. The molecule has 3 nitrogen and oxygen atoms in total. The Bertz CT molecular complexity index is 2260. The van der Waals surface area contributed by atoms with Gasteiger partial charge in [-0.3, -0.25) is 4.98 Å². The second-order valence-corrected chi connectivity index (χ2v) is 10.4. The molecule has 2 heterocycles. The van der Waals surface area contributed by atoms with E-state index in [2.05, 4.69) is 105 Å². The zero-order valence-corrected chi connectivity index (χ0v) is 21.7. The molecule has 0 atom stereocenters. The van der Waals surface area contributed by atoms with Gasteiger partial charge in [-0.2, -0.15) is 0 Å². The van der Waals surface area contributed by atoms with Crippen molar-refractivity contribution >= 4 is 54.5 Å². The Morgan fingerprint density at radius 1 is 0.513 bits per heavy atom. The molecular formula is C36H24N2O. The molecule has 0 unspecified atom stereocenters. The van der Waals surface area contributed by atoms with E-state index < -0.39 is 0 Å². The number of nitrogens with zero attached hydrogens (tertiary/aromatic N) is 2. The highest BCUT2D eigenvalue weighted by Gasteiger charge is 2.17. The monoisotopic (exact) mass is 500 g/mol. The second-order valence-electron chi connectivity index (χ2n) is 10.4. The summed E-state index contributed by atoms with van der Waals surface area (Å²) in [5, 5.41) is 6.94. The molecule has 39 heavy (non-hydrogen) atoms. The van der Waals surface area contributed by atoms with E-state index in [9.17, 15) is 0 Å². The average molecular weight is 501 g/mol. The number of fused-ring (bicyclic) bond motifs is 9. The summed E-state index contributed by atoms with van der Waals surface area (Å²) in [7, 11) is 0. The fraction of sp³-hybridized carbons (Fsp3) is 0.0556. The van der Waals surface area contributed by atoms with Crippen LogP contribution in [0.5, 0.6) is 0 Å². The molecule has 8 rings (SSSR count). The van der Waals surface area contributed by atoms with Crippen LogP contribution in [0.15, 0.2) is 114 Å². The van der Waals surface area contributed by atoms with E-state index >= 15 is 0 Å². The third-order valence-electron chi connectivity index (χ3n) is 7.82. The van der Waals surface area contributed by atoms with Crippen LogP contribution >= 0.6 is 0 Å². The van der Waals surface area contributed by atoms with Crippen LogP contribution in [0.1, 0.15) is 11.1 Å². The minimum Gasteiger partial charge on any atom is -0.455 e. The molecule has 6 aromatic carbocycles. The number of aromatic nitrogens is 2. The molecule has 0 radical (unpaired) electrons. The summed E-state index contributed by atoms with van der Waals surface area (Å²) in [5.74, 6) is 0. The molecule has 184 valence electrons. The zero-order valence-electron chi connectivity index (χ0n) is 21.7. The molecule has 0 fully saturated rings. The third kappa shape index (κ3) is 3.30. The molecule has 0 saturated carbocycles. The van der Waals surface area contributed by atoms with Gasteiger partial charge in [-0.05, 0) is 36.2 Å². The Morgan fingerprint density at radius 2 is 1.15 bits per heavy atom. The highest BCUT2D eigenvalue weighted by atomic mass is 16.3. The van der Waals surface area contributed by atoms with E-state index in [0.29, 0.717) is 0 Å². The molecular weight excluding hydrogens is 476 g/mol. The molecule has 3 heteroatoms. The van der Waals surface area contributed by atoms with Crippen LogP contribution in [0.2, 0.25) is 0 Å². The standard InChI is InChI=1S/C36H24N2O/c1-21-14-16-26-30(18-21)31-19-22(2)15-17-27(31)35-34(26)37-20-32(38-35)24-9-4-3-8-23(24)28-11-7-12-29-25-10-5-6-13-33(25)39-36(28)29/h3-20H,1-2H3. The number of rotatable bonds is 2. The third-order valence-corrected chi connectivity index (χ3v) is 7.82. The van der Waals surface area contributed by atoms with Crippen molar-refractivity contribution in [3.63, 3.8) is 0 Å². The first-order chi connectivity index (χ1) is 19.2. The Balaban J connectivity index is 1.42. The van der Waals surface area contributed by atoms with Crippen LogP contribution in [0.4, 0.5) is 0 Å². The quantitative estimate of drug-likeness (QED) is 0.222. The Kier molecular flexibility index (Phi) is 4.65. The molecule has 8 aromatic rings. The molecule has 0 saturated heterocycles. The second kappa shape index (κ2) is 8.24. The van der Waals surface area contributed by atoms with Gasteiger partial charge in [0.15, 0.2) is 0 Å². The van der Waals surface area contributed by atoms with Crippen molar-refractivity contribution in [1.82, 2.24) is 9.97 Å². The highest BCUT2D eigenvalue weighted by Crippen LogP contribution is 2.40. The van der Waals surface area contributed by atoms with Crippen LogP contribution in [-0.2, 0) is 0 Å². The van der Waals surface area contributed by atoms with Gasteiger partial charge in [0.1, 0.15) is 11.2 Å². The van der Waals surface area contributed by atoms with Crippen molar-refractivity contribution in [1.29, 1.82) is 0 Å². The maximum atomic E-state index is 6.39.